The van der Waals surface area contributed by atoms with Gasteiger partial charge in [-0.25, -0.2) is 4.79 Å². The second kappa shape index (κ2) is 6.34. The Balaban J connectivity index is 1.76. The van der Waals surface area contributed by atoms with Crippen LogP contribution in [-0.2, 0) is 23.3 Å². The lowest BCUT2D eigenvalue weighted by Crippen LogP contribution is -2.38. The van der Waals surface area contributed by atoms with Crippen LogP contribution in [0.25, 0.3) is 0 Å². The molecular weight excluding hydrogens is 322 g/mol. The number of rotatable bonds is 3. The van der Waals surface area contributed by atoms with Crippen LogP contribution in [0.3, 0.4) is 0 Å². The molecule has 0 aliphatic heterocycles. The molecule has 0 saturated carbocycles. The molecule has 0 radical (unpaired) electrons. The van der Waals surface area contributed by atoms with Crippen LogP contribution in [0.1, 0.15) is 50.9 Å². The van der Waals surface area contributed by atoms with Crippen LogP contribution in [0, 0.1) is 0 Å². The molecular formula is C17H23N5O3. The summed E-state index contributed by atoms with van der Waals surface area (Å²) >= 11 is 0. The Morgan fingerprint density at radius 2 is 2.16 bits per heavy atom. The predicted octanol–water partition coefficient (Wildman–Crippen LogP) is 0.682. The van der Waals surface area contributed by atoms with Crippen LogP contribution in [0.2, 0.25) is 0 Å². The van der Waals surface area contributed by atoms with Gasteiger partial charge in [-0.1, -0.05) is 0 Å². The molecule has 0 saturated heterocycles. The molecule has 1 aliphatic rings. The number of hydrogen-bond acceptors (Lipinski definition) is 4. The molecule has 1 amide bonds. The normalized spacial score (nSPS) is 17.2. The van der Waals surface area contributed by atoms with E-state index < -0.39 is 11.2 Å². The van der Waals surface area contributed by atoms with Crippen LogP contribution in [0.4, 0.5) is 0 Å². The maximum atomic E-state index is 12.3. The summed E-state index contributed by atoms with van der Waals surface area (Å²) in [6, 6.07) is 1.12. The van der Waals surface area contributed by atoms with E-state index in [1.54, 1.807) is 0 Å². The van der Waals surface area contributed by atoms with Gasteiger partial charge in [0.2, 0.25) is 5.91 Å². The highest BCUT2D eigenvalue weighted by molar-refractivity contribution is 5.76. The average molecular weight is 345 g/mol. The molecule has 2 heterocycles. The lowest BCUT2D eigenvalue weighted by Gasteiger charge is -2.28. The Labute approximate surface area is 144 Å². The zero-order valence-electron chi connectivity index (χ0n) is 14.7. The number of aromatic nitrogens is 4. The van der Waals surface area contributed by atoms with Gasteiger partial charge in [0, 0.05) is 23.5 Å². The highest BCUT2D eigenvalue weighted by Gasteiger charge is 2.28. The Morgan fingerprint density at radius 1 is 1.40 bits per heavy atom. The summed E-state index contributed by atoms with van der Waals surface area (Å²) in [4.78, 5) is 37.3. The van der Waals surface area contributed by atoms with Crippen molar-refractivity contribution in [1.29, 1.82) is 0 Å². The first kappa shape index (κ1) is 17.2. The summed E-state index contributed by atoms with van der Waals surface area (Å²) in [5, 5.41) is 7.49. The fourth-order valence-electron chi connectivity index (χ4n) is 3.25. The van der Waals surface area contributed by atoms with Crippen molar-refractivity contribution >= 4 is 5.91 Å². The number of carbonyl (C=O) groups is 1. The third-order valence-corrected chi connectivity index (χ3v) is 4.36. The van der Waals surface area contributed by atoms with Crippen LogP contribution < -0.4 is 16.6 Å². The van der Waals surface area contributed by atoms with Gasteiger partial charge in [0.05, 0.1) is 17.8 Å². The van der Waals surface area contributed by atoms with Gasteiger partial charge in [-0.2, -0.15) is 5.10 Å². The summed E-state index contributed by atoms with van der Waals surface area (Å²) in [5.74, 6) is -0.268. The minimum Gasteiger partial charge on any atom is -0.348 e. The van der Waals surface area contributed by atoms with Crippen molar-refractivity contribution in [3.8, 4) is 0 Å². The molecule has 134 valence electrons. The number of amides is 1. The topological polar surface area (TPSA) is 102 Å². The molecule has 1 aliphatic carbocycles. The molecule has 0 aromatic carbocycles. The van der Waals surface area contributed by atoms with Crippen molar-refractivity contribution in [3.05, 3.63) is 50.6 Å². The van der Waals surface area contributed by atoms with Crippen molar-refractivity contribution < 1.29 is 4.79 Å². The summed E-state index contributed by atoms with van der Waals surface area (Å²) in [7, 11) is 0. The fourth-order valence-corrected chi connectivity index (χ4v) is 3.25. The number of nitrogens with zero attached hydrogens (tertiary/aromatic N) is 3. The van der Waals surface area contributed by atoms with E-state index in [1.165, 1.54) is 16.8 Å². The van der Waals surface area contributed by atoms with Crippen molar-refractivity contribution in [2.45, 2.75) is 58.2 Å². The van der Waals surface area contributed by atoms with E-state index in [2.05, 4.69) is 36.2 Å². The highest BCUT2D eigenvalue weighted by Crippen LogP contribution is 2.32. The van der Waals surface area contributed by atoms with Gasteiger partial charge in [0.1, 0.15) is 6.54 Å². The number of fused-ring (bicyclic) bond motifs is 1. The molecule has 2 aromatic heterocycles. The van der Waals surface area contributed by atoms with E-state index in [0.717, 1.165) is 30.5 Å². The quantitative estimate of drug-likeness (QED) is 0.854. The summed E-state index contributed by atoms with van der Waals surface area (Å²) in [6.45, 7) is 6.18. The smallest absolute Gasteiger partial charge is 0.328 e. The van der Waals surface area contributed by atoms with E-state index in [9.17, 15) is 14.4 Å². The SMILES string of the molecule is CC(C)(C)n1ncc2c1CCC[C@@H]2NC(=O)Cn1ccc(=O)[nH]c1=O. The van der Waals surface area contributed by atoms with Gasteiger partial charge < -0.3 is 5.32 Å². The largest absolute Gasteiger partial charge is 0.348 e. The Hall–Kier alpha value is -2.64. The molecule has 2 N–H and O–H groups in total. The van der Waals surface area contributed by atoms with Crippen molar-refractivity contribution in [3.63, 3.8) is 0 Å². The fraction of sp³-hybridized carbons (Fsp3) is 0.529. The highest BCUT2D eigenvalue weighted by atomic mass is 16.2. The molecule has 0 bridgehead atoms. The maximum absolute atomic E-state index is 12.3. The molecule has 2 aromatic rings. The van der Waals surface area contributed by atoms with E-state index in [4.69, 9.17) is 0 Å². The lowest BCUT2D eigenvalue weighted by molar-refractivity contribution is -0.122. The van der Waals surface area contributed by atoms with Gasteiger partial charge in [-0.15, -0.1) is 0 Å². The Kier molecular flexibility index (Phi) is 4.36. The van der Waals surface area contributed by atoms with Gasteiger partial charge in [0.25, 0.3) is 5.56 Å². The molecule has 1 atom stereocenters. The van der Waals surface area contributed by atoms with E-state index in [0.29, 0.717) is 0 Å². The van der Waals surface area contributed by atoms with Gasteiger partial charge in [0.15, 0.2) is 0 Å². The molecule has 3 rings (SSSR count). The predicted molar refractivity (Wildman–Crippen MR) is 92.4 cm³/mol. The first-order valence-corrected chi connectivity index (χ1v) is 8.42. The zero-order valence-corrected chi connectivity index (χ0v) is 14.7. The first-order valence-electron chi connectivity index (χ1n) is 8.42. The number of H-pyrrole nitrogens is 1. The minimum absolute atomic E-state index is 0.106. The van der Waals surface area contributed by atoms with Crippen LogP contribution >= 0.6 is 0 Å². The molecule has 25 heavy (non-hydrogen) atoms. The zero-order chi connectivity index (χ0) is 18.2. The minimum atomic E-state index is -0.590. The summed E-state index contributed by atoms with van der Waals surface area (Å²) in [6.07, 6.45) is 5.91. The Bertz CT molecular complexity index is 900. The Morgan fingerprint density at radius 3 is 2.84 bits per heavy atom. The molecule has 0 spiro atoms. The third kappa shape index (κ3) is 3.57. The average Bonchev–Trinajstić information content (AvgIpc) is 2.95. The first-order chi connectivity index (χ1) is 11.8. The van der Waals surface area contributed by atoms with Crippen molar-refractivity contribution in [1.82, 2.24) is 24.6 Å². The standard InChI is InChI=1S/C17H23N5O3/c1-17(2,3)22-13-6-4-5-12(11(13)9-18-22)19-15(24)10-21-8-7-14(23)20-16(21)25/h7-9,12H,4-6,10H2,1-3H3,(H,19,24)(H,20,23,25)/t12-/m0/s1. The molecule has 8 heteroatoms. The van der Waals surface area contributed by atoms with Crippen molar-refractivity contribution in [2.75, 3.05) is 0 Å². The van der Waals surface area contributed by atoms with Crippen LogP contribution in [0.5, 0.6) is 0 Å². The lowest BCUT2D eigenvalue weighted by atomic mass is 9.92. The number of nitrogens with one attached hydrogen (secondary N) is 2. The van der Waals surface area contributed by atoms with E-state index in [-0.39, 0.29) is 24.0 Å². The van der Waals surface area contributed by atoms with Gasteiger partial charge >= 0.3 is 5.69 Å². The van der Waals surface area contributed by atoms with Gasteiger partial charge in [-0.05, 0) is 40.0 Å². The monoisotopic (exact) mass is 345 g/mol. The van der Waals surface area contributed by atoms with Crippen molar-refractivity contribution in [2.24, 2.45) is 0 Å². The van der Waals surface area contributed by atoms with E-state index in [1.807, 2.05) is 10.9 Å². The maximum Gasteiger partial charge on any atom is 0.328 e. The number of carbonyl (C=O) groups excluding carboxylic acids is 1. The number of hydrogen-bond donors (Lipinski definition) is 2. The van der Waals surface area contributed by atoms with Crippen LogP contribution in [0.15, 0.2) is 28.0 Å². The van der Waals surface area contributed by atoms with Crippen LogP contribution in [-0.4, -0.2) is 25.2 Å². The summed E-state index contributed by atoms with van der Waals surface area (Å²) in [5.41, 5.74) is 1.03. The summed E-state index contributed by atoms with van der Waals surface area (Å²) < 4.78 is 3.20. The molecule has 0 unspecified atom stereocenters. The third-order valence-electron chi connectivity index (χ3n) is 4.36. The van der Waals surface area contributed by atoms with Gasteiger partial charge in [-0.3, -0.25) is 23.8 Å². The second-order valence-electron chi connectivity index (χ2n) is 7.38. The molecule has 0 fully saturated rings. The molecule has 8 nitrogen and oxygen atoms in total. The number of aromatic amines is 1. The second-order valence-corrected chi connectivity index (χ2v) is 7.38. The van der Waals surface area contributed by atoms with E-state index >= 15 is 0 Å².